The van der Waals surface area contributed by atoms with Crippen LogP contribution in [0.4, 0.5) is 0 Å². The third kappa shape index (κ3) is 1.64. The minimum atomic E-state index is 0.258. The summed E-state index contributed by atoms with van der Waals surface area (Å²) in [5.74, 6) is 1.19. The van der Waals surface area contributed by atoms with Crippen LogP contribution in [-0.2, 0) is 22.2 Å². The Kier molecular flexibility index (Phi) is 2.67. The van der Waals surface area contributed by atoms with E-state index in [0.717, 1.165) is 13.2 Å². The molecule has 0 saturated heterocycles. The maximum Gasteiger partial charge on any atom is 0.0720 e. The van der Waals surface area contributed by atoms with Crippen LogP contribution in [0.3, 0.4) is 0 Å². The Hall–Kier alpha value is -0.820. The molecule has 0 saturated carbocycles. The van der Waals surface area contributed by atoms with Crippen molar-refractivity contribution in [3.05, 3.63) is 34.4 Å². The lowest BCUT2D eigenvalue weighted by Gasteiger charge is -2.32. The zero-order chi connectivity index (χ0) is 14.0. The molecular weight excluding hydrogens is 232 g/mol. The molecule has 0 amide bonds. The standard InChI is InChI=1S/C18H26O/c1-11-9-19-10-13-7-15-16(8-14(11)13)18(5,6)12(2)17(15,3)4/h7-8,11-12H,9-10H2,1-6H3/t11-,12-/m1/s1. The van der Waals surface area contributed by atoms with E-state index in [9.17, 15) is 0 Å². The highest BCUT2D eigenvalue weighted by Gasteiger charge is 2.48. The molecule has 1 aromatic carbocycles. The van der Waals surface area contributed by atoms with Gasteiger partial charge in [-0.25, -0.2) is 0 Å². The molecule has 1 heteroatoms. The maximum atomic E-state index is 5.71. The first-order valence-corrected chi connectivity index (χ1v) is 7.51. The molecule has 0 spiro atoms. The Morgan fingerprint density at radius 3 is 2.21 bits per heavy atom. The van der Waals surface area contributed by atoms with Crippen LogP contribution in [0.15, 0.2) is 12.1 Å². The minimum absolute atomic E-state index is 0.258. The predicted molar refractivity (Wildman–Crippen MR) is 79.7 cm³/mol. The molecule has 0 unspecified atom stereocenters. The number of hydrogen-bond acceptors (Lipinski definition) is 1. The lowest BCUT2D eigenvalue weighted by Crippen LogP contribution is -2.30. The highest BCUT2D eigenvalue weighted by molar-refractivity contribution is 5.51. The number of fused-ring (bicyclic) bond motifs is 2. The van der Waals surface area contributed by atoms with E-state index in [1.807, 2.05) is 0 Å². The third-order valence-electron chi connectivity index (χ3n) is 5.99. The molecule has 0 N–H and O–H groups in total. The summed E-state index contributed by atoms with van der Waals surface area (Å²) in [4.78, 5) is 0. The fourth-order valence-electron chi connectivity index (χ4n) is 4.12. The molecule has 3 rings (SSSR count). The monoisotopic (exact) mass is 258 g/mol. The zero-order valence-electron chi connectivity index (χ0n) is 13.1. The second-order valence-electron chi connectivity index (χ2n) is 7.68. The summed E-state index contributed by atoms with van der Waals surface area (Å²) < 4.78 is 5.71. The summed E-state index contributed by atoms with van der Waals surface area (Å²) in [5, 5.41) is 0. The molecule has 2 atom stereocenters. The molecule has 104 valence electrons. The van der Waals surface area contributed by atoms with Crippen LogP contribution in [0.25, 0.3) is 0 Å². The zero-order valence-corrected chi connectivity index (χ0v) is 13.1. The van der Waals surface area contributed by atoms with Gasteiger partial charge in [0.1, 0.15) is 0 Å². The summed E-state index contributed by atoms with van der Waals surface area (Å²) in [6.07, 6.45) is 0. The van der Waals surface area contributed by atoms with Gasteiger partial charge in [0.2, 0.25) is 0 Å². The number of ether oxygens (including phenoxy) is 1. The van der Waals surface area contributed by atoms with Crippen LogP contribution in [-0.4, -0.2) is 6.61 Å². The van der Waals surface area contributed by atoms with Crippen molar-refractivity contribution < 1.29 is 4.74 Å². The Balaban J connectivity index is 2.25. The molecule has 2 aliphatic rings. The van der Waals surface area contributed by atoms with Gasteiger partial charge in [-0.05, 0) is 39.0 Å². The molecule has 19 heavy (non-hydrogen) atoms. The molecule has 1 aromatic rings. The molecule has 1 nitrogen and oxygen atoms in total. The summed E-state index contributed by atoms with van der Waals surface area (Å²) >= 11 is 0. The van der Waals surface area contributed by atoms with Crippen molar-refractivity contribution in [3.8, 4) is 0 Å². The molecule has 0 radical (unpaired) electrons. The lowest BCUT2D eigenvalue weighted by atomic mass is 9.71. The van der Waals surface area contributed by atoms with Crippen LogP contribution < -0.4 is 0 Å². The second-order valence-corrected chi connectivity index (χ2v) is 7.68. The van der Waals surface area contributed by atoms with E-state index < -0.39 is 0 Å². The largest absolute Gasteiger partial charge is 0.376 e. The Morgan fingerprint density at radius 1 is 1.00 bits per heavy atom. The average molecular weight is 258 g/mol. The van der Waals surface area contributed by atoms with Crippen molar-refractivity contribution in [1.29, 1.82) is 0 Å². The topological polar surface area (TPSA) is 9.23 Å². The van der Waals surface area contributed by atoms with E-state index in [0.29, 0.717) is 11.8 Å². The normalized spacial score (nSPS) is 30.8. The molecule has 1 aliphatic heterocycles. The quantitative estimate of drug-likeness (QED) is 0.664. The van der Waals surface area contributed by atoms with Crippen molar-refractivity contribution in [2.75, 3.05) is 6.61 Å². The van der Waals surface area contributed by atoms with Gasteiger partial charge in [-0.1, -0.05) is 53.7 Å². The fraction of sp³-hybridized carbons (Fsp3) is 0.667. The number of benzene rings is 1. The van der Waals surface area contributed by atoms with E-state index in [-0.39, 0.29) is 10.8 Å². The third-order valence-corrected chi connectivity index (χ3v) is 5.99. The SMILES string of the molecule is C[C@@H]1C(C)(C)c2cc3c(cc2C1(C)C)[C@H](C)COC3. The first-order valence-electron chi connectivity index (χ1n) is 7.51. The average Bonchev–Trinajstić information content (AvgIpc) is 2.48. The van der Waals surface area contributed by atoms with Gasteiger partial charge in [0, 0.05) is 5.92 Å². The first kappa shape index (κ1) is 13.2. The lowest BCUT2D eigenvalue weighted by molar-refractivity contribution is 0.0949. The second kappa shape index (κ2) is 3.85. The van der Waals surface area contributed by atoms with Crippen LogP contribution in [0.2, 0.25) is 0 Å². The van der Waals surface area contributed by atoms with Gasteiger partial charge in [0.05, 0.1) is 13.2 Å². The maximum absolute atomic E-state index is 5.71. The summed E-state index contributed by atoms with van der Waals surface area (Å²) in [6, 6.07) is 4.93. The Labute approximate surface area is 117 Å². The minimum Gasteiger partial charge on any atom is -0.376 e. The van der Waals surface area contributed by atoms with Gasteiger partial charge in [0.25, 0.3) is 0 Å². The van der Waals surface area contributed by atoms with Crippen LogP contribution in [0, 0.1) is 5.92 Å². The molecule has 0 aromatic heterocycles. The van der Waals surface area contributed by atoms with E-state index in [1.54, 1.807) is 11.1 Å². The number of rotatable bonds is 0. The van der Waals surface area contributed by atoms with Crippen molar-refractivity contribution in [3.63, 3.8) is 0 Å². The highest BCUT2D eigenvalue weighted by Crippen LogP contribution is 2.54. The van der Waals surface area contributed by atoms with Crippen molar-refractivity contribution in [2.45, 2.75) is 64.9 Å². The van der Waals surface area contributed by atoms with E-state index in [1.165, 1.54) is 11.1 Å². The summed E-state index contributed by atoms with van der Waals surface area (Å²) in [5.41, 5.74) is 6.57. The molecule has 1 heterocycles. The van der Waals surface area contributed by atoms with Gasteiger partial charge in [-0.3, -0.25) is 0 Å². The fourth-order valence-corrected chi connectivity index (χ4v) is 4.12. The van der Waals surface area contributed by atoms with Crippen molar-refractivity contribution in [2.24, 2.45) is 5.92 Å². The van der Waals surface area contributed by atoms with Gasteiger partial charge in [0.15, 0.2) is 0 Å². The summed E-state index contributed by atoms with van der Waals surface area (Å²) in [6.45, 7) is 15.9. The van der Waals surface area contributed by atoms with Gasteiger partial charge < -0.3 is 4.74 Å². The van der Waals surface area contributed by atoms with E-state index in [4.69, 9.17) is 4.74 Å². The van der Waals surface area contributed by atoms with Crippen molar-refractivity contribution in [1.82, 2.24) is 0 Å². The van der Waals surface area contributed by atoms with Crippen LogP contribution in [0.5, 0.6) is 0 Å². The Bertz CT molecular complexity index is 525. The van der Waals surface area contributed by atoms with Crippen molar-refractivity contribution >= 4 is 0 Å². The number of hydrogen-bond donors (Lipinski definition) is 0. The van der Waals surface area contributed by atoms with Crippen LogP contribution in [0.1, 0.15) is 69.7 Å². The molecular formula is C18H26O. The van der Waals surface area contributed by atoms with E-state index >= 15 is 0 Å². The van der Waals surface area contributed by atoms with Gasteiger partial charge in [-0.15, -0.1) is 0 Å². The highest BCUT2D eigenvalue weighted by atomic mass is 16.5. The van der Waals surface area contributed by atoms with E-state index in [2.05, 4.69) is 53.7 Å². The molecule has 0 bridgehead atoms. The van der Waals surface area contributed by atoms with Gasteiger partial charge >= 0.3 is 0 Å². The molecule has 1 aliphatic carbocycles. The predicted octanol–water partition coefficient (Wildman–Crippen LogP) is 4.53. The molecule has 0 fully saturated rings. The summed E-state index contributed by atoms with van der Waals surface area (Å²) in [7, 11) is 0. The van der Waals surface area contributed by atoms with Gasteiger partial charge in [-0.2, -0.15) is 0 Å². The first-order chi connectivity index (χ1) is 8.76. The van der Waals surface area contributed by atoms with Crippen LogP contribution >= 0.6 is 0 Å². The Morgan fingerprint density at radius 2 is 1.58 bits per heavy atom. The smallest absolute Gasteiger partial charge is 0.0720 e.